The van der Waals surface area contributed by atoms with Crippen molar-refractivity contribution in [1.82, 2.24) is 4.90 Å². The molecule has 0 atom stereocenters. The summed E-state index contributed by atoms with van der Waals surface area (Å²) in [4.78, 5) is 6.41. The molecule has 0 aliphatic carbocycles. The number of nitrogens with zero attached hydrogens (tertiary/aromatic N) is 2. The highest BCUT2D eigenvalue weighted by Gasteiger charge is 2.17. The average molecular weight is 336 g/mol. The third kappa shape index (κ3) is 5.19. The smallest absolute Gasteiger partial charge is 0.203 e. The minimum Gasteiger partial charge on any atom is -0.488 e. The van der Waals surface area contributed by atoms with Crippen LogP contribution in [0.5, 0.6) is 17.2 Å². The zero-order valence-corrected chi connectivity index (χ0v) is 14.5. The van der Waals surface area contributed by atoms with Crippen LogP contribution in [0.3, 0.4) is 0 Å². The van der Waals surface area contributed by atoms with Gasteiger partial charge in [0.2, 0.25) is 5.75 Å². The van der Waals surface area contributed by atoms with E-state index in [4.69, 9.17) is 25.7 Å². The summed E-state index contributed by atoms with van der Waals surface area (Å²) < 4.78 is 17.1. The summed E-state index contributed by atoms with van der Waals surface area (Å²) in [5.41, 5.74) is 11.7. The number of aliphatic imine (C=N–C) groups is 1. The van der Waals surface area contributed by atoms with E-state index in [0.717, 1.165) is 18.7 Å². The summed E-state index contributed by atoms with van der Waals surface area (Å²) in [5, 5.41) is 0. The third-order valence-corrected chi connectivity index (χ3v) is 3.50. The van der Waals surface area contributed by atoms with Gasteiger partial charge in [0, 0.05) is 12.6 Å². The molecule has 0 radical (unpaired) electrons. The Labute approximate surface area is 143 Å². The van der Waals surface area contributed by atoms with Gasteiger partial charge in [-0.1, -0.05) is 6.07 Å². The van der Waals surface area contributed by atoms with Crippen LogP contribution < -0.4 is 25.7 Å². The zero-order valence-electron chi connectivity index (χ0n) is 14.5. The standard InChI is InChI=1S/C17H28N4O3/c1-13(2)20-17(19)21(8-4-7-18)9-10-22-14-5-3-6-15-16(14)24-12-11-23-15/h3,5-6,13H,4,7-12,18H2,1-2H3,(H2,19,20). The molecule has 1 aromatic rings. The quantitative estimate of drug-likeness (QED) is 0.547. The second-order valence-electron chi connectivity index (χ2n) is 5.84. The third-order valence-electron chi connectivity index (χ3n) is 3.50. The predicted octanol–water partition coefficient (Wildman–Crippen LogP) is 1.21. The summed E-state index contributed by atoms with van der Waals surface area (Å²) in [7, 11) is 0. The van der Waals surface area contributed by atoms with Crippen LogP contribution >= 0.6 is 0 Å². The van der Waals surface area contributed by atoms with E-state index >= 15 is 0 Å². The van der Waals surface area contributed by atoms with Gasteiger partial charge in [-0.3, -0.25) is 4.99 Å². The zero-order chi connectivity index (χ0) is 17.4. The van der Waals surface area contributed by atoms with E-state index in [-0.39, 0.29) is 6.04 Å². The van der Waals surface area contributed by atoms with Crippen LogP contribution in [0, 0.1) is 0 Å². The van der Waals surface area contributed by atoms with E-state index in [1.165, 1.54) is 0 Å². The van der Waals surface area contributed by atoms with Gasteiger partial charge < -0.3 is 30.6 Å². The van der Waals surface area contributed by atoms with Gasteiger partial charge in [0.15, 0.2) is 17.5 Å². The van der Waals surface area contributed by atoms with Crippen molar-refractivity contribution in [1.29, 1.82) is 0 Å². The van der Waals surface area contributed by atoms with Crippen molar-refractivity contribution in [3.8, 4) is 17.2 Å². The largest absolute Gasteiger partial charge is 0.488 e. The van der Waals surface area contributed by atoms with Gasteiger partial charge in [-0.05, 0) is 38.9 Å². The number of ether oxygens (including phenoxy) is 3. The van der Waals surface area contributed by atoms with Gasteiger partial charge >= 0.3 is 0 Å². The second-order valence-corrected chi connectivity index (χ2v) is 5.84. The minimum absolute atomic E-state index is 0.151. The van der Waals surface area contributed by atoms with Crippen molar-refractivity contribution in [3.63, 3.8) is 0 Å². The molecule has 0 bridgehead atoms. The Morgan fingerprint density at radius 1 is 1.29 bits per heavy atom. The SMILES string of the molecule is CC(C)N=C(N)N(CCCN)CCOc1cccc2c1OCCO2. The highest BCUT2D eigenvalue weighted by atomic mass is 16.6. The van der Waals surface area contributed by atoms with Crippen LogP contribution in [0.15, 0.2) is 23.2 Å². The van der Waals surface area contributed by atoms with Crippen molar-refractivity contribution in [2.75, 3.05) is 39.5 Å². The van der Waals surface area contributed by atoms with E-state index in [2.05, 4.69) is 4.99 Å². The number of rotatable bonds is 8. The number of para-hydroxylation sites is 1. The lowest BCUT2D eigenvalue weighted by atomic mass is 10.3. The van der Waals surface area contributed by atoms with Crippen LogP contribution in [-0.2, 0) is 0 Å². The minimum atomic E-state index is 0.151. The Morgan fingerprint density at radius 3 is 2.83 bits per heavy atom. The first-order chi connectivity index (χ1) is 11.6. The Bertz CT molecular complexity index is 549. The molecule has 0 aromatic heterocycles. The molecule has 7 heteroatoms. The van der Waals surface area contributed by atoms with Crippen molar-refractivity contribution in [3.05, 3.63) is 18.2 Å². The fourth-order valence-corrected chi connectivity index (χ4v) is 2.40. The van der Waals surface area contributed by atoms with Crippen molar-refractivity contribution >= 4 is 5.96 Å². The monoisotopic (exact) mass is 336 g/mol. The van der Waals surface area contributed by atoms with Gasteiger partial charge in [0.1, 0.15) is 19.8 Å². The molecule has 7 nitrogen and oxygen atoms in total. The fourth-order valence-electron chi connectivity index (χ4n) is 2.40. The molecule has 0 spiro atoms. The molecular weight excluding hydrogens is 308 g/mol. The maximum Gasteiger partial charge on any atom is 0.203 e. The average Bonchev–Trinajstić information content (AvgIpc) is 2.57. The summed E-state index contributed by atoms with van der Waals surface area (Å²) in [6.07, 6.45) is 0.853. The number of guanidine groups is 1. The second kappa shape index (κ2) is 9.22. The van der Waals surface area contributed by atoms with Crippen LogP contribution in [-0.4, -0.2) is 56.4 Å². The number of hydrogen-bond acceptors (Lipinski definition) is 5. The maximum atomic E-state index is 6.08. The summed E-state index contributed by atoms with van der Waals surface area (Å²) in [6, 6.07) is 5.80. The topological polar surface area (TPSA) is 95.3 Å². The molecule has 0 saturated heterocycles. The van der Waals surface area contributed by atoms with Crippen molar-refractivity contribution in [2.45, 2.75) is 26.3 Å². The number of hydrogen-bond donors (Lipinski definition) is 2. The normalized spacial score (nSPS) is 13.9. The molecule has 0 fully saturated rings. The first-order valence-corrected chi connectivity index (χ1v) is 8.41. The first-order valence-electron chi connectivity index (χ1n) is 8.41. The highest BCUT2D eigenvalue weighted by Crippen LogP contribution is 2.38. The molecule has 1 heterocycles. The Hall–Kier alpha value is -2.15. The van der Waals surface area contributed by atoms with Crippen LogP contribution in [0.4, 0.5) is 0 Å². The molecule has 0 unspecified atom stereocenters. The molecule has 134 valence electrons. The first kappa shape index (κ1) is 18.2. The van der Waals surface area contributed by atoms with E-state index in [9.17, 15) is 0 Å². The summed E-state index contributed by atoms with van der Waals surface area (Å²) in [5.74, 6) is 2.60. The van der Waals surface area contributed by atoms with Gasteiger partial charge in [0.05, 0.1) is 6.54 Å². The predicted molar refractivity (Wildman–Crippen MR) is 94.9 cm³/mol. The lowest BCUT2D eigenvalue weighted by molar-refractivity contribution is 0.160. The molecule has 24 heavy (non-hydrogen) atoms. The van der Waals surface area contributed by atoms with Crippen LogP contribution in [0.2, 0.25) is 0 Å². The summed E-state index contributed by atoms with van der Waals surface area (Å²) in [6.45, 7) is 7.56. The lowest BCUT2D eigenvalue weighted by Gasteiger charge is -2.25. The van der Waals surface area contributed by atoms with E-state index in [0.29, 0.717) is 50.4 Å². The van der Waals surface area contributed by atoms with Gasteiger partial charge in [-0.15, -0.1) is 0 Å². The molecule has 0 amide bonds. The van der Waals surface area contributed by atoms with Crippen LogP contribution in [0.25, 0.3) is 0 Å². The van der Waals surface area contributed by atoms with E-state index < -0.39 is 0 Å². The lowest BCUT2D eigenvalue weighted by Crippen LogP contribution is -2.41. The Balaban J connectivity index is 1.95. The molecule has 1 aromatic carbocycles. The molecule has 0 saturated carbocycles. The maximum absolute atomic E-state index is 6.08. The summed E-state index contributed by atoms with van der Waals surface area (Å²) >= 11 is 0. The number of fused-ring (bicyclic) bond motifs is 1. The van der Waals surface area contributed by atoms with E-state index in [1.807, 2.05) is 36.9 Å². The molecule has 2 rings (SSSR count). The molecule has 4 N–H and O–H groups in total. The highest BCUT2D eigenvalue weighted by molar-refractivity contribution is 5.78. The van der Waals surface area contributed by atoms with Gasteiger partial charge in [-0.25, -0.2) is 0 Å². The Kier molecular flexibility index (Phi) is 6.99. The van der Waals surface area contributed by atoms with Crippen molar-refractivity contribution < 1.29 is 14.2 Å². The van der Waals surface area contributed by atoms with Gasteiger partial charge in [0.25, 0.3) is 0 Å². The Morgan fingerprint density at radius 2 is 2.08 bits per heavy atom. The molecular formula is C17H28N4O3. The number of nitrogens with two attached hydrogens (primary N) is 2. The number of benzene rings is 1. The van der Waals surface area contributed by atoms with Crippen LogP contribution in [0.1, 0.15) is 20.3 Å². The van der Waals surface area contributed by atoms with E-state index in [1.54, 1.807) is 0 Å². The molecule has 1 aliphatic rings. The fraction of sp³-hybridized carbons (Fsp3) is 0.588. The van der Waals surface area contributed by atoms with Crippen molar-refractivity contribution in [2.24, 2.45) is 16.5 Å². The molecule has 1 aliphatic heterocycles. The van der Waals surface area contributed by atoms with Gasteiger partial charge in [-0.2, -0.15) is 0 Å².